The van der Waals surface area contributed by atoms with Gasteiger partial charge >= 0.3 is 0 Å². The first-order chi connectivity index (χ1) is 7.58. The van der Waals surface area contributed by atoms with E-state index in [0.29, 0.717) is 5.88 Å². The summed E-state index contributed by atoms with van der Waals surface area (Å²) >= 11 is 0. The zero-order valence-electron chi connectivity index (χ0n) is 10.4. The minimum atomic E-state index is 0.0844. The van der Waals surface area contributed by atoms with E-state index in [1.165, 1.54) is 0 Å². The van der Waals surface area contributed by atoms with E-state index in [1.807, 2.05) is 12.1 Å². The van der Waals surface area contributed by atoms with Crippen LogP contribution in [0.4, 0.5) is 11.5 Å². The Labute approximate surface area is 96.6 Å². The predicted octanol–water partition coefficient (Wildman–Crippen LogP) is 2.12. The number of nitrogens with zero attached hydrogens (tertiary/aromatic N) is 2. The van der Waals surface area contributed by atoms with Crippen molar-refractivity contribution in [1.82, 2.24) is 4.98 Å². The lowest BCUT2D eigenvalue weighted by Crippen LogP contribution is -2.52. The zero-order chi connectivity index (χ0) is 11.8. The van der Waals surface area contributed by atoms with Gasteiger partial charge in [0.1, 0.15) is 0 Å². The fraction of sp³-hybridized carbons (Fsp3) is 0.583. The molecule has 0 saturated carbocycles. The number of methoxy groups -OCH3 is 1. The van der Waals surface area contributed by atoms with Crippen LogP contribution < -0.4 is 15.0 Å². The molecule has 4 nitrogen and oxygen atoms in total. The molecule has 0 fully saturated rings. The van der Waals surface area contributed by atoms with Gasteiger partial charge in [-0.25, -0.2) is 0 Å². The Bertz CT molecular complexity index is 390. The molecule has 1 aromatic heterocycles. The lowest BCUT2D eigenvalue weighted by molar-refractivity contribution is 0.394. The zero-order valence-corrected chi connectivity index (χ0v) is 10.4. The summed E-state index contributed by atoms with van der Waals surface area (Å²) in [7, 11) is 1.65. The van der Waals surface area contributed by atoms with E-state index in [9.17, 15) is 0 Å². The fourth-order valence-corrected chi connectivity index (χ4v) is 2.16. The van der Waals surface area contributed by atoms with Gasteiger partial charge in [0.25, 0.3) is 0 Å². The van der Waals surface area contributed by atoms with Crippen LogP contribution in [0.15, 0.2) is 12.1 Å². The molecular weight excluding hydrogens is 202 g/mol. The third-order valence-corrected chi connectivity index (χ3v) is 3.07. The average Bonchev–Trinajstić information content (AvgIpc) is 2.27. The largest absolute Gasteiger partial charge is 0.481 e. The minimum Gasteiger partial charge on any atom is -0.481 e. The second-order valence-electron chi connectivity index (χ2n) is 4.64. The second-order valence-corrected chi connectivity index (χ2v) is 4.64. The molecule has 4 heteroatoms. The Morgan fingerprint density at radius 2 is 2.25 bits per heavy atom. The van der Waals surface area contributed by atoms with Gasteiger partial charge in [0.05, 0.1) is 18.3 Å². The first-order valence-corrected chi connectivity index (χ1v) is 5.65. The van der Waals surface area contributed by atoms with Gasteiger partial charge in [0, 0.05) is 19.2 Å². The molecule has 16 heavy (non-hydrogen) atoms. The van der Waals surface area contributed by atoms with Crippen LogP contribution in [0, 0.1) is 0 Å². The molecule has 0 bridgehead atoms. The normalized spacial score (nSPS) is 17.6. The monoisotopic (exact) mass is 221 g/mol. The summed E-state index contributed by atoms with van der Waals surface area (Å²) in [4.78, 5) is 6.83. The molecule has 2 rings (SSSR count). The Morgan fingerprint density at radius 3 is 2.88 bits per heavy atom. The summed E-state index contributed by atoms with van der Waals surface area (Å²) in [6, 6.07) is 3.91. The summed E-state index contributed by atoms with van der Waals surface area (Å²) in [6.45, 7) is 8.46. The van der Waals surface area contributed by atoms with Gasteiger partial charge in [-0.1, -0.05) is 0 Å². The Balaban J connectivity index is 2.46. The summed E-state index contributed by atoms with van der Waals surface area (Å²) in [5.74, 6) is 1.65. The first-order valence-electron chi connectivity index (χ1n) is 5.65. The number of aromatic nitrogens is 1. The summed E-state index contributed by atoms with van der Waals surface area (Å²) in [5.41, 5.74) is 1.17. The van der Waals surface area contributed by atoms with E-state index in [-0.39, 0.29) is 5.54 Å². The van der Waals surface area contributed by atoms with Crippen molar-refractivity contribution in [1.29, 1.82) is 0 Å². The number of anilines is 2. The van der Waals surface area contributed by atoms with Crippen molar-refractivity contribution in [3.8, 4) is 5.88 Å². The van der Waals surface area contributed by atoms with Crippen LogP contribution in [0.25, 0.3) is 0 Å². The lowest BCUT2D eigenvalue weighted by Gasteiger charge is -2.44. The molecule has 0 radical (unpaired) electrons. The summed E-state index contributed by atoms with van der Waals surface area (Å²) in [5, 5.41) is 3.41. The molecule has 88 valence electrons. The maximum absolute atomic E-state index is 5.18. The molecule has 0 aliphatic carbocycles. The van der Waals surface area contributed by atoms with Crippen molar-refractivity contribution in [2.75, 3.05) is 30.4 Å². The number of pyridine rings is 1. The van der Waals surface area contributed by atoms with Crippen LogP contribution in [0.2, 0.25) is 0 Å². The molecule has 0 amide bonds. The average molecular weight is 221 g/mol. The minimum absolute atomic E-state index is 0.0844. The van der Waals surface area contributed by atoms with Crippen LogP contribution in [0.1, 0.15) is 20.8 Å². The highest BCUT2D eigenvalue weighted by atomic mass is 16.5. The van der Waals surface area contributed by atoms with Gasteiger partial charge in [-0.05, 0) is 26.8 Å². The molecule has 1 aromatic rings. The third-order valence-electron chi connectivity index (χ3n) is 3.07. The maximum atomic E-state index is 5.18. The Kier molecular flexibility index (Phi) is 2.66. The van der Waals surface area contributed by atoms with Crippen LogP contribution >= 0.6 is 0 Å². The van der Waals surface area contributed by atoms with E-state index in [1.54, 1.807) is 7.11 Å². The van der Waals surface area contributed by atoms with Crippen molar-refractivity contribution >= 4 is 11.5 Å². The topological polar surface area (TPSA) is 37.4 Å². The Morgan fingerprint density at radius 1 is 1.50 bits per heavy atom. The van der Waals surface area contributed by atoms with Gasteiger partial charge in [-0.2, -0.15) is 4.98 Å². The lowest BCUT2D eigenvalue weighted by atomic mass is 9.99. The molecule has 0 unspecified atom stereocenters. The third kappa shape index (κ3) is 1.68. The van der Waals surface area contributed by atoms with Crippen LogP contribution in [0.5, 0.6) is 5.88 Å². The number of likely N-dealkylation sites (N-methyl/N-ethyl adjacent to an activating group) is 1. The molecule has 1 N–H and O–H groups in total. The molecule has 0 aromatic carbocycles. The van der Waals surface area contributed by atoms with E-state index in [4.69, 9.17) is 4.74 Å². The molecule has 0 atom stereocenters. The van der Waals surface area contributed by atoms with E-state index < -0.39 is 0 Å². The predicted molar refractivity (Wildman–Crippen MR) is 66.4 cm³/mol. The highest BCUT2D eigenvalue weighted by molar-refractivity contribution is 5.70. The Hall–Kier alpha value is -1.45. The molecule has 1 aliphatic heterocycles. The van der Waals surface area contributed by atoms with Crippen LogP contribution in [0.3, 0.4) is 0 Å². The van der Waals surface area contributed by atoms with E-state index in [2.05, 4.69) is 36.0 Å². The molecule has 0 spiro atoms. The van der Waals surface area contributed by atoms with Crippen molar-refractivity contribution < 1.29 is 4.74 Å². The maximum Gasteiger partial charge on any atom is 0.215 e. The molecule has 1 aliphatic rings. The van der Waals surface area contributed by atoms with Crippen LogP contribution in [-0.4, -0.2) is 30.7 Å². The molecule has 2 heterocycles. The summed E-state index contributed by atoms with van der Waals surface area (Å²) in [6.07, 6.45) is 0. The quantitative estimate of drug-likeness (QED) is 0.830. The second kappa shape index (κ2) is 3.85. The number of rotatable bonds is 2. The van der Waals surface area contributed by atoms with Gasteiger partial charge in [0.15, 0.2) is 5.82 Å². The van der Waals surface area contributed by atoms with Crippen molar-refractivity contribution in [2.24, 2.45) is 0 Å². The number of nitrogens with one attached hydrogen (secondary N) is 1. The van der Waals surface area contributed by atoms with Crippen LogP contribution in [-0.2, 0) is 0 Å². The smallest absolute Gasteiger partial charge is 0.215 e. The van der Waals surface area contributed by atoms with Gasteiger partial charge in [0.2, 0.25) is 5.88 Å². The number of hydrogen-bond acceptors (Lipinski definition) is 4. The highest BCUT2D eigenvalue weighted by Crippen LogP contribution is 2.35. The standard InChI is InChI=1S/C12H19N3O/c1-5-15-11-9(13-8-12(15,2)3)6-7-10(14-11)16-4/h6-7,13H,5,8H2,1-4H3. The van der Waals surface area contributed by atoms with Crippen molar-refractivity contribution in [3.05, 3.63) is 12.1 Å². The van der Waals surface area contributed by atoms with Gasteiger partial charge < -0.3 is 15.0 Å². The number of hydrogen-bond donors (Lipinski definition) is 1. The molecular formula is C12H19N3O. The first kappa shape index (κ1) is 11.0. The number of fused-ring (bicyclic) bond motifs is 1. The van der Waals surface area contributed by atoms with Gasteiger partial charge in [-0.3, -0.25) is 0 Å². The summed E-state index contributed by atoms with van der Waals surface area (Å²) < 4.78 is 5.18. The highest BCUT2D eigenvalue weighted by Gasteiger charge is 2.32. The van der Waals surface area contributed by atoms with Gasteiger partial charge in [-0.15, -0.1) is 0 Å². The fourth-order valence-electron chi connectivity index (χ4n) is 2.16. The van der Waals surface area contributed by atoms with Crippen molar-refractivity contribution in [3.63, 3.8) is 0 Å². The SMILES string of the molecule is CCN1c2nc(OC)ccc2NCC1(C)C. The molecule has 0 saturated heterocycles. The van der Waals surface area contributed by atoms with Crippen molar-refractivity contribution in [2.45, 2.75) is 26.3 Å². The number of ether oxygens (including phenoxy) is 1. The van der Waals surface area contributed by atoms with E-state index in [0.717, 1.165) is 24.6 Å². The van der Waals surface area contributed by atoms with E-state index >= 15 is 0 Å².